The summed E-state index contributed by atoms with van der Waals surface area (Å²) < 4.78 is 30.6. The van der Waals surface area contributed by atoms with E-state index in [2.05, 4.69) is 5.32 Å². The highest BCUT2D eigenvalue weighted by Gasteiger charge is 2.14. The maximum Gasteiger partial charge on any atom is 0.296 e. The number of nitrogens with one attached hydrogen (secondary N) is 1. The number of amides is 1. The van der Waals surface area contributed by atoms with Crippen molar-refractivity contribution in [2.45, 2.75) is 11.8 Å². The highest BCUT2D eigenvalue weighted by Crippen LogP contribution is 2.21. The molecular formula is C8H9NO4S. The van der Waals surface area contributed by atoms with Gasteiger partial charge in [0.2, 0.25) is 6.41 Å². The monoisotopic (exact) mass is 215 g/mol. The Kier molecular flexibility index (Phi) is 2.87. The molecule has 1 rings (SSSR count). The van der Waals surface area contributed by atoms with Crippen molar-refractivity contribution in [2.75, 3.05) is 5.32 Å². The van der Waals surface area contributed by atoms with Crippen LogP contribution in [-0.4, -0.2) is 19.4 Å². The number of benzene rings is 1. The first kappa shape index (κ1) is 10.7. The fourth-order valence-electron chi connectivity index (χ4n) is 1.03. The van der Waals surface area contributed by atoms with Gasteiger partial charge < -0.3 is 5.32 Å². The Balaban J connectivity index is 3.37. The summed E-state index contributed by atoms with van der Waals surface area (Å²) >= 11 is 0. The molecule has 2 N–H and O–H groups in total. The molecule has 0 radical (unpaired) electrons. The van der Waals surface area contributed by atoms with Gasteiger partial charge in [-0.15, -0.1) is 0 Å². The Bertz CT molecular complexity index is 452. The Morgan fingerprint density at radius 2 is 2.07 bits per heavy atom. The molecule has 0 spiro atoms. The summed E-state index contributed by atoms with van der Waals surface area (Å²) in [5.74, 6) is 0. The minimum absolute atomic E-state index is 0.0631. The van der Waals surface area contributed by atoms with Crippen LogP contribution in [0.15, 0.2) is 23.1 Å². The van der Waals surface area contributed by atoms with Crippen molar-refractivity contribution in [3.05, 3.63) is 23.8 Å². The van der Waals surface area contributed by atoms with E-state index in [4.69, 9.17) is 4.55 Å². The summed E-state index contributed by atoms with van der Waals surface area (Å²) in [6.45, 7) is 1.68. The van der Waals surface area contributed by atoms with Gasteiger partial charge in [-0.25, -0.2) is 0 Å². The van der Waals surface area contributed by atoms with Gasteiger partial charge in [0.25, 0.3) is 10.1 Å². The summed E-state index contributed by atoms with van der Waals surface area (Å²) in [6.07, 6.45) is 0.347. The first-order valence-electron chi connectivity index (χ1n) is 3.73. The topological polar surface area (TPSA) is 83.5 Å². The molecule has 0 aliphatic rings. The average molecular weight is 215 g/mol. The lowest BCUT2D eigenvalue weighted by atomic mass is 10.2. The molecule has 0 fully saturated rings. The normalized spacial score (nSPS) is 11.0. The summed E-state index contributed by atoms with van der Waals surface area (Å²) in [5.41, 5.74) is 0.738. The van der Waals surface area contributed by atoms with Gasteiger partial charge in [0, 0.05) is 0 Å². The van der Waals surface area contributed by atoms with Crippen molar-refractivity contribution in [3.63, 3.8) is 0 Å². The second-order valence-corrected chi connectivity index (χ2v) is 4.13. The molecule has 0 saturated heterocycles. The van der Waals surface area contributed by atoms with Gasteiger partial charge >= 0.3 is 0 Å². The summed E-state index contributed by atoms with van der Waals surface area (Å²) in [7, 11) is -4.30. The number of carbonyl (C=O) groups excluding carboxylic acids is 1. The SMILES string of the molecule is Cc1ccc(NC=O)c(S(=O)(=O)O)c1. The second-order valence-electron chi connectivity index (χ2n) is 2.74. The zero-order valence-electron chi connectivity index (χ0n) is 7.39. The molecule has 0 saturated carbocycles. The number of carbonyl (C=O) groups is 1. The molecule has 0 aromatic heterocycles. The minimum Gasteiger partial charge on any atom is -0.327 e. The standard InChI is InChI=1S/C8H9NO4S/c1-6-2-3-7(9-5-10)8(4-6)14(11,12)13/h2-5H,1H3,(H,9,10)(H,11,12,13). The van der Waals surface area contributed by atoms with Crippen LogP contribution in [0, 0.1) is 6.92 Å². The zero-order valence-corrected chi connectivity index (χ0v) is 8.21. The third-order valence-electron chi connectivity index (χ3n) is 1.63. The van der Waals surface area contributed by atoms with Gasteiger partial charge in [-0.3, -0.25) is 9.35 Å². The van der Waals surface area contributed by atoms with Crippen LogP contribution in [0.1, 0.15) is 5.56 Å². The molecule has 0 atom stereocenters. The van der Waals surface area contributed by atoms with Gasteiger partial charge in [-0.2, -0.15) is 8.42 Å². The largest absolute Gasteiger partial charge is 0.327 e. The van der Waals surface area contributed by atoms with E-state index in [0.717, 1.165) is 0 Å². The van der Waals surface area contributed by atoms with E-state index in [1.165, 1.54) is 12.1 Å². The molecule has 0 aliphatic carbocycles. The fraction of sp³-hybridized carbons (Fsp3) is 0.125. The highest BCUT2D eigenvalue weighted by molar-refractivity contribution is 7.86. The summed E-state index contributed by atoms with van der Waals surface area (Å²) in [5, 5.41) is 2.19. The van der Waals surface area contributed by atoms with Crippen LogP contribution in [0.5, 0.6) is 0 Å². The van der Waals surface area contributed by atoms with Gasteiger partial charge in [0.1, 0.15) is 4.90 Å². The Morgan fingerprint density at radius 3 is 2.57 bits per heavy atom. The van der Waals surface area contributed by atoms with Crippen LogP contribution < -0.4 is 5.32 Å². The first-order chi connectivity index (χ1) is 6.45. The molecular weight excluding hydrogens is 206 g/mol. The van der Waals surface area contributed by atoms with Gasteiger partial charge in [0.15, 0.2) is 0 Å². The van der Waals surface area contributed by atoms with Crippen molar-refractivity contribution in [1.82, 2.24) is 0 Å². The van der Waals surface area contributed by atoms with Gasteiger partial charge in [-0.05, 0) is 24.6 Å². The smallest absolute Gasteiger partial charge is 0.296 e. The predicted molar refractivity (Wildman–Crippen MR) is 50.7 cm³/mol. The van der Waals surface area contributed by atoms with Crippen LogP contribution in [-0.2, 0) is 14.9 Å². The van der Waals surface area contributed by atoms with Gasteiger partial charge in [-0.1, -0.05) is 6.07 Å². The quantitative estimate of drug-likeness (QED) is 0.577. The lowest BCUT2D eigenvalue weighted by Gasteiger charge is -2.05. The van der Waals surface area contributed by atoms with E-state index in [1.54, 1.807) is 13.0 Å². The molecule has 1 aromatic rings. The Labute approximate surface area is 81.5 Å². The molecule has 6 heteroatoms. The lowest BCUT2D eigenvalue weighted by Crippen LogP contribution is -2.05. The zero-order chi connectivity index (χ0) is 10.8. The molecule has 5 nitrogen and oxygen atoms in total. The van der Waals surface area contributed by atoms with E-state index in [1.807, 2.05) is 0 Å². The van der Waals surface area contributed by atoms with E-state index in [9.17, 15) is 13.2 Å². The first-order valence-corrected chi connectivity index (χ1v) is 5.17. The van der Waals surface area contributed by atoms with E-state index >= 15 is 0 Å². The predicted octanol–water partition coefficient (Wildman–Crippen LogP) is 0.810. The van der Waals surface area contributed by atoms with Crippen molar-refractivity contribution in [1.29, 1.82) is 0 Å². The maximum absolute atomic E-state index is 10.9. The average Bonchev–Trinajstić information content (AvgIpc) is 2.07. The number of anilines is 1. The molecule has 1 amide bonds. The van der Waals surface area contributed by atoms with Crippen LogP contribution in [0.25, 0.3) is 0 Å². The third kappa shape index (κ3) is 2.30. The number of hydrogen-bond acceptors (Lipinski definition) is 3. The van der Waals surface area contributed by atoms with Crippen molar-refractivity contribution >= 4 is 22.2 Å². The molecule has 0 bridgehead atoms. The summed E-state index contributed by atoms with van der Waals surface area (Å²) in [4.78, 5) is 9.85. The van der Waals surface area contributed by atoms with Crippen molar-refractivity contribution in [3.8, 4) is 0 Å². The van der Waals surface area contributed by atoms with E-state index < -0.39 is 10.1 Å². The molecule has 0 unspecified atom stereocenters. The van der Waals surface area contributed by atoms with Crippen LogP contribution in [0.2, 0.25) is 0 Å². The van der Waals surface area contributed by atoms with Crippen LogP contribution in [0.4, 0.5) is 5.69 Å². The number of aryl methyl sites for hydroxylation is 1. The van der Waals surface area contributed by atoms with Crippen LogP contribution >= 0.6 is 0 Å². The lowest BCUT2D eigenvalue weighted by molar-refractivity contribution is -0.105. The van der Waals surface area contributed by atoms with Crippen LogP contribution in [0.3, 0.4) is 0 Å². The number of rotatable bonds is 3. The molecule has 14 heavy (non-hydrogen) atoms. The molecule has 0 aliphatic heterocycles. The Hall–Kier alpha value is -1.40. The maximum atomic E-state index is 10.9. The molecule has 1 aromatic carbocycles. The van der Waals surface area contributed by atoms with E-state index in [0.29, 0.717) is 12.0 Å². The number of hydrogen-bond donors (Lipinski definition) is 2. The van der Waals surface area contributed by atoms with E-state index in [-0.39, 0.29) is 10.6 Å². The highest BCUT2D eigenvalue weighted by atomic mass is 32.2. The summed E-state index contributed by atoms with van der Waals surface area (Å²) in [6, 6.07) is 4.31. The molecule has 76 valence electrons. The van der Waals surface area contributed by atoms with Crippen molar-refractivity contribution < 1.29 is 17.8 Å². The van der Waals surface area contributed by atoms with Gasteiger partial charge in [0.05, 0.1) is 5.69 Å². The van der Waals surface area contributed by atoms with Crippen molar-refractivity contribution in [2.24, 2.45) is 0 Å². The minimum atomic E-state index is -4.30. The Morgan fingerprint density at radius 1 is 1.43 bits per heavy atom. The molecule has 0 heterocycles. The fourth-order valence-corrected chi connectivity index (χ4v) is 1.77. The third-order valence-corrected chi connectivity index (χ3v) is 2.52. The second kappa shape index (κ2) is 3.77.